The maximum absolute atomic E-state index is 6.06. The molecule has 1 saturated carbocycles. The molecular weight excluding hydrogens is 290 g/mol. The second-order valence-corrected chi connectivity index (χ2v) is 6.42. The van der Waals surface area contributed by atoms with Crippen molar-refractivity contribution >= 4 is 21.9 Å². The number of nitrogens with two attached hydrogens (primary N) is 1. The molecule has 1 aromatic rings. The molecule has 2 aliphatic rings. The Morgan fingerprint density at radius 3 is 2.67 bits per heavy atom. The molecule has 0 spiro atoms. The van der Waals surface area contributed by atoms with Crippen LogP contribution >= 0.6 is 15.9 Å². The third kappa shape index (κ3) is 2.03. The summed E-state index contributed by atoms with van der Waals surface area (Å²) in [6, 6.07) is 8.50. The van der Waals surface area contributed by atoms with Crippen molar-refractivity contribution in [3.05, 3.63) is 34.3 Å². The van der Waals surface area contributed by atoms with Crippen LogP contribution in [0.15, 0.2) is 33.7 Å². The first-order valence-electron chi connectivity index (χ1n) is 6.43. The molecule has 0 saturated heterocycles. The Morgan fingerprint density at radius 1 is 1.39 bits per heavy atom. The lowest BCUT2D eigenvalue weighted by atomic mass is 9.91. The number of rotatable bonds is 3. The van der Waals surface area contributed by atoms with Crippen molar-refractivity contribution < 1.29 is 0 Å². The van der Waals surface area contributed by atoms with Crippen LogP contribution < -0.4 is 5.73 Å². The first-order chi connectivity index (χ1) is 8.59. The summed E-state index contributed by atoms with van der Waals surface area (Å²) < 4.78 is 1.11. The fourth-order valence-electron chi connectivity index (χ4n) is 2.57. The highest BCUT2D eigenvalue weighted by molar-refractivity contribution is 9.10. The standard InChI is InChI=1S/C14H18BrN3/c1-14(11-4-6-12(15)7-5-11)9-17-13(16)18(14)8-10-2-3-10/h4-7,10H,2-3,8-9H2,1H3,(H2,16,17). The summed E-state index contributed by atoms with van der Waals surface area (Å²) in [4.78, 5) is 6.74. The molecule has 3 nitrogen and oxygen atoms in total. The topological polar surface area (TPSA) is 41.6 Å². The van der Waals surface area contributed by atoms with Gasteiger partial charge in [0.2, 0.25) is 0 Å². The molecule has 0 bridgehead atoms. The molecule has 1 fully saturated rings. The number of hydrogen-bond acceptors (Lipinski definition) is 3. The summed E-state index contributed by atoms with van der Waals surface area (Å²) >= 11 is 3.48. The van der Waals surface area contributed by atoms with E-state index in [0.717, 1.165) is 23.5 Å². The van der Waals surface area contributed by atoms with Crippen LogP contribution in [0, 0.1) is 5.92 Å². The molecule has 1 aliphatic carbocycles. The van der Waals surface area contributed by atoms with Crippen LogP contribution in [0.4, 0.5) is 0 Å². The Labute approximate surface area is 116 Å². The minimum Gasteiger partial charge on any atom is -0.370 e. The molecule has 96 valence electrons. The van der Waals surface area contributed by atoms with E-state index in [1.165, 1.54) is 18.4 Å². The molecule has 2 N–H and O–H groups in total. The molecule has 4 heteroatoms. The van der Waals surface area contributed by atoms with Crippen LogP contribution in [0.2, 0.25) is 0 Å². The molecule has 3 rings (SSSR count). The number of halogens is 1. The number of benzene rings is 1. The summed E-state index contributed by atoms with van der Waals surface area (Å²) in [5, 5.41) is 0. The molecule has 1 heterocycles. The molecule has 1 atom stereocenters. The Kier molecular flexibility index (Phi) is 2.85. The van der Waals surface area contributed by atoms with Crippen molar-refractivity contribution in [3.63, 3.8) is 0 Å². The molecule has 0 radical (unpaired) electrons. The van der Waals surface area contributed by atoms with E-state index in [2.05, 4.69) is 57.0 Å². The van der Waals surface area contributed by atoms with Crippen LogP contribution in [-0.4, -0.2) is 23.9 Å². The van der Waals surface area contributed by atoms with Crippen LogP contribution in [0.1, 0.15) is 25.3 Å². The summed E-state index contributed by atoms with van der Waals surface area (Å²) in [6.07, 6.45) is 2.67. The van der Waals surface area contributed by atoms with E-state index in [1.807, 2.05) is 0 Å². The van der Waals surface area contributed by atoms with Gasteiger partial charge >= 0.3 is 0 Å². The van der Waals surface area contributed by atoms with E-state index in [9.17, 15) is 0 Å². The Hall–Kier alpha value is -1.03. The van der Waals surface area contributed by atoms with E-state index < -0.39 is 0 Å². The lowest BCUT2D eigenvalue weighted by Gasteiger charge is -2.37. The summed E-state index contributed by atoms with van der Waals surface area (Å²) in [5.41, 5.74) is 7.28. The number of hydrogen-bond donors (Lipinski definition) is 1. The molecule has 1 aliphatic heterocycles. The Balaban J connectivity index is 1.89. The van der Waals surface area contributed by atoms with Gasteiger partial charge in [-0.25, -0.2) is 0 Å². The maximum Gasteiger partial charge on any atom is 0.192 e. The fourth-order valence-corrected chi connectivity index (χ4v) is 2.83. The Morgan fingerprint density at radius 2 is 2.06 bits per heavy atom. The van der Waals surface area contributed by atoms with Gasteiger partial charge in [-0.2, -0.15) is 0 Å². The average Bonchev–Trinajstić information content (AvgIpc) is 3.12. The number of aliphatic imine (C=N–C) groups is 1. The van der Waals surface area contributed by atoms with Crippen LogP contribution in [-0.2, 0) is 5.54 Å². The summed E-state index contributed by atoms with van der Waals surface area (Å²) in [5.74, 6) is 1.51. The molecule has 1 unspecified atom stereocenters. The largest absolute Gasteiger partial charge is 0.370 e. The highest BCUT2D eigenvalue weighted by atomic mass is 79.9. The smallest absolute Gasteiger partial charge is 0.192 e. The normalized spacial score (nSPS) is 27.4. The van der Waals surface area contributed by atoms with Gasteiger partial charge in [0, 0.05) is 11.0 Å². The third-order valence-electron chi connectivity index (χ3n) is 4.03. The zero-order valence-electron chi connectivity index (χ0n) is 10.6. The first kappa shape index (κ1) is 12.0. The van der Waals surface area contributed by atoms with Gasteiger partial charge in [-0.1, -0.05) is 28.1 Å². The molecular formula is C14H18BrN3. The average molecular weight is 308 g/mol. The van der Waals surface area contributed by atoms with Crippen molar-refractivity contribution in [2.24, 2.45) is 16.6 Å². The van der Waals surface area contributed by atoms with Gasteiger partial charge in [0.05, 0.1) is 12.1 Å². The van der Waals surface area contributed by atoms with Crippen molar-refractivity contribution in [2.45, 2.75) is 25.3 Å². The second kappa shape index (κ2) is 4.26. The maximum atomic E-state index is 6.06. The SMILES string of the molecule is CC1(c2ccc(Br)cc2)CN=C(N)N1CC1CC1. The van der Waals surface area contributed by atoms with Gasteiger partial charge in [-0.15, -0.1) is 0 Å². The monoisotopic (exact) mass is 307 g/mol. The van der Waals surface area contributed by atoms with Gasteiger partial charge in [-0.05, 0) is 43.4 Å². The predicted molar refractivity (Wildman–Crippen MR) is 77.4 cm³/mol. The van der Waals surface area contributed by atoms with Crippen LogP contribution in [0.5, 0.6) is 0 Å². The van der Waals surface area contributed by atoms with Crippen LogP contribution in [0.25, 0.3) is 0 Å². The fraction of sp³-hybridized carbons (Fsp3) is 0.500. The molecule has 0 amide bonds. The van der Waals surface area contributed by atoms with Crippen molar-refractivity contribution in [2.75, 3.05) is 13.1 Å². The predicted octanol–water partition coefficient (Wildman–Crippen LogP) is 2.70. The van der Waals surface area contributed by atoms with Crippen molar-refractivity contribution in [3.8, 4) is 0 Å². The first-order valence-corrected chi connectivity index (χ1v) is 7.22. The van der Waals surface area contributed by atoms with Crippen LogP contribution in [0.3, 0.4) is 0 Å². The minimum atomic E-state index is -0.0760. The lowest BCUT2D eigenvalue weighted by Crippen LogP contribution is -2.48. The van der Waals surface area contributed by atoms with Gasteiger partial charge < -0.3 is 10.6 Å². The quantitative estimate of drug-likeness (QED) is 0.933. The second-order valence-electron chi connectivity index (χ2n) is 5.51. The summed E-state index contributed by atoms with van der Waals surface area (Å²) in [6.45, 7) is 4.04. The van der Waals surface area contributed by atoms with Gasteiger partial charge in [-0.3, -0.25) is 4.99 Å². The van der Waals surface area contributed by atoms with E-state index in [0.29, 0.717) is 5.96 Å². The molecule has 0 aromatic heterocycles. The number of guanidine groups is 1. The highest BCUT2D eigenvalue weighted by Gasteiger charge is 2.41. The van der Waals surface area contributed by atoms with E-state index in [1.54, 1.807) is 0 Å². The lowest BCUT2D eigenvalue weighted by molar-refractivity contribution is 0.217. The van der Waals surface area contributed by atoms with E-state index >= 15 is 0 Å². The third-order valence-corrected chi connectivity index (χ3v) is 4.55. The van der Waals surface area contributed by atoms with Gasteiger partial charge in [0.1, 0.15) is 0 Å². The van der Waals surface area contributed by atoms with Gasteiger partial charge in [0.25, 0.3) is 0 Å². The Bertz CT molecular complexity index is 478. The van der Waals surface area contributed by atoms with E-state index in [-0.39, 0.29) is 5.54 Å². The highest BCUT2D eigenvalue weighted by Crippen LogP contribution is 2.38. The summed E-state index contributed by atoms with van der Waals surface area (Å²) in [7, 11) is 0. The number of nitrogens with zero attached hydrogens (tertiary/aromatic N) is 2. The van der Waals surface area contributed by atoms with Crippen molar-refractivity contribution in [1.82, 2.24) is 4.90 Å². The zero-order valence-corrected chi connectivity index (χ0v) is 12.2. The molecule has 1 aromatic carbocycles. The van der Waals surface area contributed by atoms with Gasteiger partial charge in [0.15, 0.2) is 5.96 Å². The van der Waals surface area contributed by atoms with E-state index in [4.69, 9.17) is 5.73 Å². The minimum absolute atomic E-state index is 0.0760. The zero-order chi connectivity index (χ0) is 12.8. The molecule has 18 heavy (non-hydrogen) atoms. The van der Waals surface area contributed by atoms with Crippen molar-refractivity contribution in [1.29, 1.82) is 0 Å².